The minimum atomic E-state index is -1.80. The first-order valence-electron chi connectivity index (χ1n) is 5.33. The summed E-state index contributed by atoms with van der Waals surface area (Å²) in [7, 11) is 0. The average Bonchev–Trinajstić information content (AvgIpc) is 2.61. The van der Waals surface area contributed by atoms with Crippen LogP contribution in [-0.2, 0) is 4.79 Å². The summed E-state index contributed by atoms with van der Waals surface area (Å²) in [4.78, 5) is 35.4. The Labute approximate surface area is 102 Å². The molecule has 1 aliphatic rings. The molecule has 0 saturated carbocycles. The van der Waals surface area contributed by atoms with Crippen molar-refractivity contribution in [3.8, 4) is 0 Å². The molecule has 0 radical (unpaired) electrons. The minimum absolute atomic E-state index is 0.229. The maximum atomic E-state index is 12.0. The fourth-order valence-electron chi connectivity index (χ4n) is 1.93. The first-order valence-corrected chi connectivity index (χ1v) is 5.33. The first-order chi connectivity index (χ1) is 8.45. The van der Waals surface area contributed by atoms with Crippen LogP contribution in [0.25, 0.3) is 0 Å². The van der Waals surface area contributed by atoms with Crippen molar-refractivity contribution in [1.82, 2.24) is 4.90 Å². The largest absolute Gasteiger partial charge is 0.479 e. The van der Waals surface area contributed by atoms with E-state index in [0.717, 1.165) is 4.90 Å². The number of aliphatic hydroxyl groups is 1. The molecular formula is C12H11NO5. The molecule has 0 aliphatic carbocycles. The summed E-state index contributed by atoms with van der Waals surface area (Å²) in [5.74, 6) is -2.63. The minimum Gasteiger partial charge on any atom is -0.479 e. The zero-order valence-electron chi connectivity index (χ0n) is 9.53. The fourth-order valence-corrected chi connectivity index (χ4v) is 1.93. The predicted octanol–water partition coefficient (Wildman–Crippen LogP) is 0.117. The van der Waals surface area contributed by atoms with Gasteiger partial charge in [-0.05, 0) is 19.1 Å². The number of rotatable bonds is 3. The molecule has 0 spiro atoms. The van der Waals surface area contributed by atoms with Crippen molar-refractivity contribution in [2.45, 2.75) is 19.1 Å². The van der Waals surface area contributed by atoms with Crippen molar-refractivity contribution >= 4 is 17.8 Å². The number of benzene rings is 1. The van der Waals surface area contributed by atoms with Gasteiger partial charge in [0.25, 0.3) is 11.8 Å². The van der Waals surface area contributed by atoms with Crippen LogP contribution in [0, 0.1) is 0 Å². The fraction of sp³-hybridized carbons (Fsp3) is 0.250. The third-order valence-corrected chi connectivity index (χ3v) is 2.94. The second-order valence-electron chi connectivity index (χ2n) is 4.05. The monoisotopic (exact) mass is 249 g/mol. The molecule has 18 heavy (non-hydrogen) atoms. The molecule has 1 aromatic carbocycles. The molecule has 0 fully saturated rings. The van der Waals surface area contributed by atoms with E-state index in [1.165, 1.54) is 19.1 Å². The van der Waals surface area contributed by atoms with E-state index in [1.807, 2.05) is 0 Å². The van der Waals surface area contributed by atoms with Gasteiger partial charge in [-0.15, -0.1) is 0 Å². The highest BCUT2D eigenvalue weighted by molar-refractivity contribution is 6.21. The number of amides is 2. The Kier molecular flexibility index (Phi) is 2.88. The molecule has 0 saturated heterocycles. The van der Waals surface area contributed by atoms with Crippen LogP contribution >= 0.6 is 0 Å². The molecule has 94 valence electrons. The summed E-state index contributed by atoms with van der Waals surface area (Å²) >= 11 is 0. The number of carboxylic acids is 1. The molecule has 2 rings (SSSR count). The molecule has 1 aliphatic heterocycles. The lowest BCUT2D eigenvalue weighted by molar-refractivity contribution is -0.148. The van der Waals surface area contributed by atoms with E-state index in [2.05, 4.69) is 0 Å². The van der Waals surface area contributed by atoms with E-state index < -0.39 is 29.9 Å². The van der Waals surface area contributed by atoms with E-state index in [9.17, 15) is 19.5 Å². The van der Waals surface area contributed by atoms with Crippen molar-refractivity contribution in [2.75, 3.05) is 0 Å². The van der Waals surface area contributed by atoms with E-state index in [-0.39, 0.29) is 11.1 Å². The second kappa shape index (κ2) is 4.23. The SMILES string of the molecule is CC(C(O)C(=O)O)N1C(=O)c2ccccc2C1=O. The Morgan fingerprint density at radius 1 is 1.17 bits per heavy atom. The summed E-state index contributed by atoms with van der Waals surface area (Å²) in [6, 6.07) is 5.11. The summed E-state index contributed by atoms with van der Waals surface area (Å²) < 4.78 is 0. The summed E-state index contributed by atoms with van der Waals surface area (Å²) in [5, 5.41) is 18.1. The standard InChI is InChI=1S/C12H11NO5/c1-6(9(14)12(17)18)13-10(15)7-4-2-3-5-8(7)11(13)16/h2-6,9,14H,1H3,(H,17,18). The number of aliphatic hydroxyl groups excluding tert-OH is 1. The number of aliphatic carboxylic acids is 1. The molecule has 0 aromatic heterocycles. The van der Waals surface area contributed by atoms with Crippen molar-refractivity contribution in [3.05, 3.63) is 35.4 Å². The van der Waals surface area contributed by atoms with Gasteiger partial charge in [0.15, 0.2) is 6.10 Å². The quantitative estimate of drug-likeness (QED) is 0.742. The van der Waals surface area contributed by atoms with Gasteiger partial charge in [-0.2, -0.15) is 0 Å². The topological polar surface area (TPSA) is 94.9 Å². The molecule has 2 N–H and O–H groups in total. The Morgan fingerprint density at radius 2 is 1.61 bits per heavy atom. The Morgan fingerprint density at radius 3 is 2.00 bits per heavy atom. The number of carbonyl (C=O) groups excluding carboxylic acids is 2. The van der Waals surface area contributed by atoms with Crippen LogP contribution in [0.15, 0.2) is 24.3 Å². The number of hydrogen-bond donors (Lipinski definition) is 2. The van der Waals surface area contributed by atoms with Crippen LogP contribution in [-0.4, -0.2) is 45.0 Å². The zero-order valence-corrected chi connectivity index (χ0v) is 9.53. The van der Waals surface area contributed by atoms with Gasteiger partial charge in [-0.3, -0.25) is 14.5 Å². The van der Waals surface area contributed by atoms with Crippen LogP contribution < -0.4 is 0 Å². The third-order valence-electron chi connectivity index (χ3n) is 2.94. The molecule has 2 atom stereocenters. The van der Waals surface area contributed by atoms with E-state index in [0.29, 0.717) is 0 Å². The molecule has 6 heteroatoms. The lowest BCUT2D eigenvalue weighted by atomic mass is 10.1. The van der Waals surface area contributed by atoms with E-state index >= 15 is 0 Å². The van der Waals surface area contributed by atoms with Crippen molar-refractivity contribution in [2.24, 2.45) is 0 Å². The van der Waals surface area contributed by atoms with Crippen LogP contribution in [0.5, 0.6) is 0 Å². The van der Waals surface area contributed by atoms with Crippen molar-refractivity contribution < 1.29 is 24.6 Å². The Bertz CT molecular complexity index is 504. The van der Waals surface area contributed by atoms with Crippen molar-refractivity contribution in [1.29, 1.82) is 0 Å². The number of fused-ring (bicyclic) bond motifs is 1. The van der Waals surface area contributed by atoms with E-state index in [1.54, 1.807) is 12.1 Å². The maximum absolute atomic E-state index is 12.0. The lowest BCUT2D eigenvalue weighted by Crippen LogP contribution is -2.48. The number of imide groups is 1. The number of carbonyl (C=O) groups is 3. The molecular weight excluding hydrogens is 238 g/mol. The molecule has 0 bridgehead atoms. The zero-order chi connectivity index (χ0) is 13.4. The smallest absolute Gasteiger partial charge is 0.334 e. The normalized spacial score (nSPS) is 17.6. The molecule has 2 amide bonds. The highest BCUT2D eigenvalue weighted by Crippen LogP contribution is 2.25. The maximum Gasteiger partial charge on any atom is 0.334 e. The third kappa shape index (κ3) is 1.67. The molecule has 2 unspecified atom stereocenters. The van der Waals surface area contributed by atoms with Gasteiger partial charge in [0.1, 0.15) is 0 Å². The van der Waals surface area contributed by atoms with Crippen LogP contribution in [0.2, 0.25) is 0 Å². The lowest BCUT2D eigenvalue weighted by Gasteiger charge is -2.24. The van der Waals surface area contributed by atoms with Gasteiger partial charge in [0, 0.05) is 0 Å². The van der Waals surface area contributed by atoms with Crippen molar-refractivity contribution in [3.63, 3.8) is 0 Å². The van der Waals surface area contributed by atoms with Gasteiger partial charge >= 0.3 is 5.97 Å². The predicted molar refractivity (Wildman–Crippen MR) is 60.0 cm³/mol. The summed E-state index contributed by atoms with van der Waals surface area (Å²) in [6.45, 7) is 1.32. The average molecular weight is 249 g/mol. The van der Waals surface area contributed by atoms with Crippen LogP contribution in [0.1, 0.15) is 27.6 Å². The Balaban J connectivity index is 2.37. The van der Waals surface area contributed by atoms with Crippen LogP contribution in [0.4, 0.5) is 0 Å². The second-order valence-corrected chi connectivity index (χ2v) is 4.05. The number of nitrogens with zero attached hydrogens (tertiary/aromatic N) is 1. The Hall–Kier alpha value is -2.21. The van der Waals surface area contributed by atoms with Gasteiger partial charge in [0.2, 0.25) is 0 Å². The highest BCUT2D eigenvalue weighted by Gasteiger charge is 2.41. The van der Waals surface area contributed by atoms with Gasteiger partial charge in [0.05, 0.1) is 17.2 Å². The van der Waals surface area contributed by atoms with Gasteiger partial charge in [-0.1, -0.05) is 12.1 Å². The molecule has 6 nitrogen and oxygen atoms in total. The summed E-state index contributed by atoms with van der Waals surface area (Å²) in [6.07, 6.45) is -1.80. The highest BCUT2D eigenvalue weighted by atomic mass is 16.4. The van der Waals surface area contributed by atoms with Gasteiger partial charge in [-0.25, -0.2) is 4.79 Å². The number of carboxylic acid groups (broad SMARTS) is 1. The summed E-state index contributed by atoms with van der Waals surface area (Å²) in [5.41, 5.74) is 0.457. The van der Waals surface area contributed by atoms with Crippen LogP contribution in [0.3, 0.4) is 0 Å². The van der Waals surface area contributed by atoms with Gasteiger partial charge < -0.3 is 10.2 Å². The van der Waals surface area contributed by atoms with E-state index in [4.69, 9.17) is 5.11 Å². The molecule has 1 aromatic rings. The molecule has 1 heterocycles. The first kappa shape index (κ1) is 12.3. The number of hydrogen-bond acceptors (Lipinski definition) is 4.